The van der Waals surface area contributed by atoms with Crippen molar-refractivity contribution in [2.24, 2.45) is 5.92 Å². The van der Waals surface area contributed by atoms with Crippen molar-refractivity contribution in [2.75, 3.05) is 19.8 Å². The normalized spacial score (nSPS) is 20.2. The summed E-state index contributed by atoms with van der Waals surface area (Å²) in [7, 11) is 0. The van der Waals surface area contributed by atoms with Crippen molar-refractivity contribution in [3.63, 3.8) is 0 Å². The number of hydrogen-bond donors (Lipinski definition) is 0. The molecule has 2 rings (SSSR count). The molecule has 2 nitrogen and oxygen atoms in total. The molecule has 88 valence electrons. The van der Waals surface area contributed by atoms with Gasteiger partial charge in [0, 0.05) is 22.6 Å². The average Bonchev–Trinajstić information content (AvgIpc) is 2.74. The summed E-state index contributed by atoms with van der Waals surface area (Å²) in [6.45, 7) is 2.56. The van der Waals surface area contributed by atoms with Gasteiger partial charge < -0.3 is 9.47 Å². The summed E-state index contributed by atoms with van der Waals surface area (Å²) in [5, 5.41) is 0. The van der Waals surface area contributed by atoms with Crippen LogP contribution < -0.4 is 0 Å². The van der Waals surface area contributed by atoms with Gasteiger partial charge >= 0.3 is 0 Å². The van der Waals surface area contributed by atoms with E-state index in [0.29, 0.717) is 24.7 Å². The Hall–Kier alpha value is -0.450. The van der Waals surface area contributed by atoms with Crippen molar-refractivity contribution in [1.29, 1.82) is 0 Å². The minimum Gasteiger partial charge on any atom is -0.381 e. The second-order valence-corrected chi connectivity index (χ2v) is 4.90. The van der Waals surface area contributed by atoms with Gasteiger partial charge in [-0.05, 0) is 18.6 Å². The Labute approximate surface area is 103 Å². The van der Waals surface area contributed by atoms with E-state index in [1.165, 1.54) is 6.07 Å². The van der Waals surface area contributed by atoms with E-state index in [9.17, 15) is 4.39 Å². The zero-order valence-corrected chi connectivity index (χ0v) is 10.5. The van der Waals surface area contributed by atoms with Crippen LogP contribution in [0.3, 0.4) is 0 Å². The molecule has 1 aliphatic rings. The number of ether oxygens (including phenoxy) is 2. The van der Waals surface area contributed by atoms with Crippen LogP contribution in [-0.4, -0.2) is 19.8 Å². The van der Waals surface area contributed by atoms with Gasteiger partial charge in [-0.3, -0.25) is 0 Å². The molecule has 1 unspecified atom stereocenters. The molecule has 1 fully saturated rings. The summed E-state index contributed by atoms with van der Waals surface area (Å²) < 4.78 is 24.9. The lowest BCUT2D eigenvalue weighted by Crippen LogP contribution is -2.09. The van der Waals surface area contributed by atoms with E-state index < -0.39 is 0 Å². The molecule has 0 N–H and O–H groups in total. The minimum atomic E-state index is -0.225. The molecule has 0 saturated carbocycles. The highest BCUT2D eigenvalue weighted by atomic mass is 79.9. The fraction of sp³-hybridized carbons (Fsp3) is 0.500. The monoisotopic (exact) mass is 288 g/mol. The summed E-state index contributed by atoms with van der Waals surface area (Å²) >= 11 is 3.22. The third-order valence-corrected chi connectivity index (χ3v) is 3.14. The first-order valence-corrected chi connectivity index (χ1v) is 6.14. The lowest BCUT2D eigenvalue weighted by atomic mass is 10.1. The van der Waals surface area contributed by atoms with Crippen molar-refractivity contribution < 1.29 is 13.9 Å². The molecule has 0 radical (unpaired) electrons. The highest BCUT2D eigenvalue weighted by Crippen LogP contribution is 2.17. The zero-order valence-electron chi connectivity index (χ0n) is 8.92. The Morgan fingerprint density at radius 2 is 2.38 bits per heavy atom. The standard InChI is InChI=1S/C12H14BrFO2/c13-11-2-1-10(12(14)5-11)8-16-7-9-3-4-15-6-9/h1-2,5,9H,3-4,6-8H2. The van der Waals surface area contributed by atoms with Gasteiger partial charge in [-0.15, -0.1) is 0 Å². The minimum absolute atomic E-state index is 0.225. The molecule has 1 heterocycles. The molecule has 16 heavy (non-hydrogen) atoms. The molecule has 0 aliphatic carbocycles. The van der Waals surface area contributed by atoms with Crippen molar-refractivity contribution in [1.82, 2.24) is 0 Å². The maximum atomic E-state index is 13.4. The predicted molar refractivity (Wildman–Crippen MR) is 62.7 cm³/mol. The van der Waals surface area contributed by atoms with Gasteiger partial charge in [0.05, 0.1) is 19.8 Å². The second-order valence-electron chi connectivity index (χ2n) is 3.98. The second kappa shape index (κ2) is 5.75. The van der Waals surface area contributed by atoms with Crippen LogP contribution in [0.4, 0.5) is 4.39 Å². The molecule has 1 aromatic rings. The largest absolute Gasteiger partial charge is 0.381 e. The Balaban J connectivity index is 1.80. The maximum Gasteiger partial charge on any atom is 0.129 e. The molecule has 0 amide bonds. The predicted octanol–water partition coefficient (Wildman–Crippen LogP) is 3.14. The lowest BCUT2D eigenvalue weighted by molar-refractivity contribution is 0.0775. The summed E-state index contributed by atoms with van der Waals surface area (Å²) in [5.74, 6) is 0.246. The Kier molecular flexibility index (Phi) is 4.32. The van der Waals surface area contributed by atoms with E-state index in [0.717, 1.165) is 24.1 Å². The van der Waals surface area contributed by atoms with Crippen LogP contribution >= 0.6 is 15.9 Å². The van der Waals surface area contributed by atoms with Crippen molar-refractivity contribution in [3.8, 4) is 0 Å². The van der Waals surface area contributed by atoms with Gasteiger partial charge in [-0.25, -0.2) is 4.39 Å². The number of halogens is 2. The van der Waals surface area contributed by atoms with Crippen LogP contribution in [0.15, 0.2) is 22.7 Å². The van der Waals surface area contributed by atoms with Crippen molar-refractivity contribution in [3.05, 3.63) is 34.1 Å². The average molecular weight is 289 g/mol. The summed E-state index contributed by atoms with van der Waals surface area (Å²) in [6, 6.07) is 5.02. The van der Waals surface area contributed by atoms with Gasteiger partial charge in [0.2, 0.25) is 0 Å². The SMILES string of the molecule is Fc1cc(Br)ccc1COCC1CCOC1. The zero-order chi connectivity index (χ0) is 11.4. The van der Waals surface area contributed by atoms with E-state index >= 15 is 0 Å². The molecular formula is C12H14BrFO2. The number of rotatable bonds is 4. The van der Waals surface area contributed by atoms with Crippen molar-refractivity contribution >= 4 is 15.9 Å². The van der Waals surface area contributed by atoms with Crippen LogP contribution in [0.2, 0.25) is 0 Å². The van der Waals surface area contributed by atoms with Gasteiger partial charge in [0.25, 0.3) is 0 Å². The molecule has 0 spiro atoms. The smallest absolute Gasteiger partial charge is 0.129 e. The van der Waals surface area contributed by atoms with Crippen LogP contribution in [0.5, 0.6) is 0 Å². The summed E-state index contributed by atoms with van der Waals surface area (Å²) in [5.41, 5.74) is 0.599. The molecular weight excluding hydrogens is 275 g/mol. The Bertz CT molecular complexity index is 351. The van der Waals surface area contributed by atoms with Crippen LogP contribution in [0, 0.1) is 11.7 Å². The summed E-state index contributed by atoms with van der Waals surface area (Å²) in [4.78, 5) is 0. The van der Waals surface area contributed by atoms with Gasteiger partial charge in [-0.1, -0.05) is 22.0 Å². The third kappa shape index (κ3) is 3.27. The Morgan fingerprint density at radius 1 is 1.50 bits per heavy atom. The maximum absolute atomic E-state index is 13.4. The molecule has 1 aliphatic heterocycles. The molecule has 1 aromatic carbocycles. The van der Waals surface area contributed by atoms with Gasteiger partial charge in [0.1, 0.15) is 5.82 Å². The van der Waals surface area contributed by atoms with E-state index in [1.807, 2.05) is 6.07 Å². The fourth-order valence-electron chi connectivity index (χ4n) is 1.69. The first-order valence-electron chi connectivity index (χ1n) is 5.35. The quantitative estimate of drug-likeness (QED) is 0.847. The first-order chi connectivity index (χ1) is 7.75. The van der Waals surface area contributed by atoms with E-state index in [2.05, 4.69) is 15.9 Å². The van der Waals surface area contributed by atoms with Crippen LogP contribution in [0.1, 0.15) is 12.0 Å². The van der Waals surface area contributed by atoms with E-state index in [1.54, 1.807) is 6.07 Å². The Morgan fingerprint density at radius 3 is 3.06 bits per heavy atom. The highest BCUT2D eigenvalue weighted by Gasteiger charge is 2.15. The van der Waals surface area contributed by atoms with Crippen molar-refractivity contribution in [2.45, 2.75) is 13.0 Å². The fourth-order valence-corrected chi connectivity index (χ4v) is 2.02. The van der Waals surface area contributed by atoms with Crippen LogP contribution in [0.25, 0.3) is 0 Å². The van der Waals surface area contributed by atoms with Gasteiger partial charge in [0.15, 0.2) is 0 Å². The molecule has 0 bridgehead atoms. The van der Waals surface area contributed by atoms with Gasteiger partial charge in [-0.2, -0.15) is 0 Å². The number of hydrogen-bond acceptors (Lipinski definition) is 2. The van der Waals surface area contributed by atoms with E-state index in [-0.39, 0.29) is 5.82 Å². The first kappa shape index (κ1) is 12.0. The lowest BCUT2D eigenvalue weighted by Gasteiger charge is -2.09. The summed E-state index contributed by atoms with van der Waals surface area (Å²) in [6.07, 6.45) is 1.04. The topological polar surface area (TPSA) is 18.5 Å². The molecule has 0 aromatic heterocycles. The molecule has 4 heteroatoms. The number of benzene rings is 1. The highest BCUT2D eigenvalue weighted by molar-refractivity contribution is 9.10. The molecule has 1 saturated heterocycles. The third-order valence-electron chi connectivity index (χ3n) is 2.65. The molecule has 1 atom stereocenters. The van der Waals surface area contributed by atoms with E-state index in [4.69, 9.17) is 9.47 Å². The van der Waals surface area contributed by atoms with Crippen LogP contribution in [-0.2, 0) is 16.1 Å².